The summed E-state index contributed by atoms with van der Waals surface area (Å²) in [6.07, 6.45) is 0. The van der Waals surface area contributed by atoms with Crippen molar-refractivity contribution in [2.24, 2.45) is 5.73 Å². The van der Waals surface area contributed by atoms with E-state index in [1.54, 1.807) is 24.3 Å². The lowest BCUT2D eigenvalue weighted by molar-refractivity contribution is 0.601. The molecule has 0 radical (unpaired) electrons. The number of hydrogen-bond acceptors (Lipinski definition) is 3. The molecule has 0 aliphatic heterocycles. The van der Waals surface area contributed by atoms with Gasteiger partial charge in [-0.15, -0.1) is 0 Å². The van der Waals surface area contributed by atoms with E-state index in [0.29, 0.717) is 16.3 Å². The third kappa shape index (κ3) is 3.26. The quantitative estimate of drug-likeness (QED) is 0.911. The van der Waals surface area contributed by atoms with Gasteiger partial charge in [0.05, 0.1) is 4.90 Å². The van der Waals surface area contributed by atoms with E-state index < -0.39 is 10.0 Å². The minimum atomic E-state index is -3.63. The SMILES string of the molecule is NCc1cc(S(=O)(=O)Nc2ccccc2)ccc1Cl. The molecule has 0 spiro atoms. The minimum Gasteiger partial charge on any atom is -0.326 e. The Morgan fingerprint density at radius 3 is 2.42 bits per heavy atom. The van der Waals surface area contributed by atoms with Crippen molar-refractivity contribution in [1.29, 1.82) is 0 Å². The lowest BCUT2D eigenvalue weighted by Gasteiger charge is -2.09. The van der Waals surface area contributed by atoms with Crippen LogP contribution in [-0.2, 0) is 16.6 Å². The Balaban J connectivity index is 2.35. The molecule has 0 aromatic heterocycles. The van der Waals surface area contributed by atoms with Gasteiger partial charge in [0.15, 0.2) is 0 Å². The molecule has 19 heavy (non-hydrogen) atoms. The molecule has 2 aromatic rings. The van der Waals surface area contributed by atoms with Crippen LogP contribution in [0.3, 0.4) is 0 Å². The topological polar surface area (TPSA) is 72.2 Å². The van der Waals surface area contributed by atoms with Crippen LogP contribution in [0.2, 0.25) is 5.02 Å². The zero-order valence-corrected chi connectivity index (χ0v) is 11.6. The molecule has 0 aliphatic carbocycles. The third-order valence-corrected chi connectivity index (χ3v) is 4.32. The van der Waals surface area contributed by atoms with Crippen LogP contribution in [0, 0.1) is 0 Å². The summed E-state index contributed by atoms with van der Waals surface area (Å²) in [7, 11) is -3.63. The van der Waals surface area contributed by atoms with Crippen LogP contribution in [0.4, 0.5) is 5.69 Å². The summed E-state index contributed by atoms with van der Waals surface area (Å²) >= 11 is 5.91. The van der Waals surface area contributed by atoms with Gasteiger partial charge in [0.2, 0.25) is 0 Å². The standard InChI is InChI=1S/C13H13ClN2O2S/c14-13-7-6-12(8-10(13)9-15)19(17,18)16-11-4-2-1-3-5-11/h1-8,16H,9,15H2. The minimum absolute atomic E-state index is 0.140. The van der Waals surface area contributed by atoms with Crippen molar-refractivity contribution in [2.45, 2.75) is 11.4 Å². The summed E-state index contributed by atoms with van der Waals surface area (Å²) in [5.41, 5.74) is 6.62. The maximum atomic E-state index is 12.2. The monoisotopic (exact) mass is 296 g/mol. The second kappa shape index (κ2) is 5.61. The number of nitrogens with one attached hydrogen (secondary N) is 1. The third-order valence-electron chi connectivity index (χ3n) is 2.57. The van der Waals surface area contributed by atoms with Crippen LogP contribution < -0.4 is 10.5 Å². The summed E-state index contributed by atoms with van der Waals surface area (Å²) < 4.78 is 26.9. The van der Waals surface area contributed by atoms with E-state index in [-0.39, 0.29) is 11.4 Å². The van der Waals surface area contributed by atoms with Crippen molar-refractivity contribution in [2.75, 3.05) is 4.72 Å². The highest BCUT2D eigenvalue weighted by Crippen LogP contribution is 2.22. The lowest BCUT2D eigenvalue weighted by atomic mass is 10.2. The van der Waals surface area contributed by atoms with Crippen molar-refractivity contribution in [3.05, 3.63) is 59.1 Å². The molecule has 0 saturated carbocycles. The molecular weight excluding hydrogens is 284 g/mol. The Labute approximate surface area is 117 Å². The Bertz CT molecular complexity index is 672. The fraction of sp³-hybridized carbons (Fsp3) is 0.0769. The molecule has 0 heterocycles. The predicted molar refractivity (Wildman–Crippen MR) is 76.6 cm³/mol. The van der Waals surface area contributed by atoms with Crippen LogP contribution in [0.25, 0.3) is 0 Å². The number of nitrogens with two attached hydrogens (primary N) is 1. The second-order valence-electron chi connectivity index (χ2n) is 3.93. The molecule has 0 atom stereocenters. The van der Waals surface area contributed by atoms with Gasteiger partial charge in [-0.3, -0.25) is 4.72 Å². The summed E-state index contributed by atoms with van der Waals surface area (Å²) in [5.74, 6) is 0. The van der Waals surface area contributed by atoms with Gasteiger partial charge < -0.3 is 5.73 Å². The van der Waals surface area contributed by atoms with Crippen molar-refractivity contribution in [3.8, 4) is 0 Å². The van der Waals surface area contributed by atoms with E-state index in [1.165, 1.54) is 18.2 Å². The number of hydrogen-bond donors (Lipinski definition) is 2. The summed E-state index contributed by atoms with van der Waals surface area (Å²) in [4.78, 5) is 0.140. The highest BCUT2D eigenvalue weighted by atomic mass is 35.5. The Hall–Kier alpha value is -1.56. The van der Waals surface area contributed by atoms with Crippen LogP contribution >= 0.6 is 11.6 Å². The van der Waals surface area contributed by atoms with Gasteiger partial charge >= 0.3 is 0 Å². The van der Waals surface area contributed by atoms with Crippen LogP contribution in [0.1, 0.15) is 5.56 Å². The maximum absolute atomic E-state index is 12.2. The average Bonchev–Trinajstić information content (AvgIpc) is 2.39. The fourth-order valence-electron chi connectivity index (χ4n) is 1.59. The number of benzene rings is 2. The molecule has 2 rings (SSSR count). The number of halogens is 1. The largest absolute Gasteiger partial charge is 0.326 e. The first kappa shape index (κ1) is 13.9. The van der Waals surface area contributed by atoms with Gasteiger partial charge in [-0.1, -0.05) is 29.8 Å². The molecule has 0 aliphatic rings. The lowest BCUT2D eigenvalue weighted by Crippen LogP contribution is -2.13. The Morgan fingerprint density at radius 1 is 1.11 bits per heavy atom. The first-order valence-corrected chi connectivity index (χ1v) is 7.45. The molecule has 100 valence electrons. The summed E-state index contributed by atoms with van der Waals surface area (Å²) in [5, 5.41) is 0.459. The molecule has 0 unspecified atom stereocenters. The van der Waals surface area contributed by atoms with E-state index in [9.17, 15) is 8.42 Å². The van der Waals surface area contributed by atoms with Gasteiger partial charge in [0, 0.05) is 17.3 Å². The molecule has 2 aromatic carbocycles. The van der Waals surface area contributed by atoms with Crippen LogP contribution in [-0.4, -0.2) is 8.42 Å². The van der Waals surface area contributed by atoms with Gasteiger partial charge in [-0.05, 0) is 35.9 Å². The maximum Gasteiger partial charge on any atom is 0.261 e. The first-order valence-electron chi connectivity index (χ1n) is 5.59. The number of anilines is 1. The Morgan fingerprint density at radius 2 is 1.79 bits per heavy atom. The van der Waals surface area contributed by atoms with Crippen molar-refractivity contribution in [1.82, 2.24) is 0 Å². The van der Waals surface area contributed by atoms with Crippen molar-refractivity contribution < 1.29 is 8.42 Å². The number of para-hydroxylation sites is 1. The zero-order valence-electron chi connectivity index (χ0n) is 10.0. The fourth-order valence-corrected chi connectivity index (χ4v) is 2.90. The van der Waals surface area contributed by atoms with E-state index in [4.69, 9.17) is 17.3 Å². The molecular formula is C13H13ClN2O2S. The smallest absolute Gasteiger partial charge is 0.261 e. The van der Waals surface area contributed by atoms with E-state index >= 15 is 0 Å². The predicted octanol–water partition coefficient (Wildman–Crippen LogP) is 2.60. The van der Waals surface area contributed by atoms with Crippen molar-refractivity contribution in [3.63, 3.8) is 0 Å². The number of rotatable bonds is 4. The highest BCUT2D eigenvalue weighted by molar-refractivity contribution is 7.92. The normalized spacial score (nSPS) is 11.3. The highest BCUT2D eigenvalue weighted by Gasteiger charge is 2.15. The summed E-state index contributed by atoms with van der Waals surface area (Å²) in [6.45, 7) is 0.188. The van der Waals surface area contributed by atoms with Gasteiger partial charge in [0.1, 0.15) is 0 Å². The molecule has 0 fully saturated rings. The Kier molecular flexibility index (Phi) is 4.09. The van der Waals surface area contributed by atoms with Crippen molar-refractivity contribution >= 4 is 27.3 Å². The molecule has 0 saturated heterocycles. The van der Waals surface area contributed by atoms with Crippen LogP contribution in [0.5, 0.6) is 0 Å². The van der Waals surface area contributed by atoms with E-state index in [2.05, 4.69) is 4.72 Å². The van der Waals surface area contributed by atoms with Gasteiger partial charge in [-0.2, -0.15) is 0 Å². The van der Waals surface area contributed by atoms with E-state index in [0.717, 1.165) is 0 Å². The molecule has 3 N–H and O–H groups in total. The number of sulfonamides is 1. The molecule has 4 nitrogen and oxygen atoms in total. The van der Waals surface area contributed by atoms with Crippen LogP contribution in [0.15, 0.2) is 53.4 Å². The second-order valence-corrected chi connectivity index (χ2v) is 6.02. The average molecular weight is 297 g/mol. The van der Waals surface area contributed by atoms with Gasteiger partial charge in [0.25, 0.3) is 10.0 Å². The molecule has 6 heteroatoms. The molecule has 0 amide bonds. The first-order chi connectivity index (χ1) is 9.03. The van der Waals surface area contributed by atoms with Gasteiger partial charge in [-0.25, -0.2) is 8.42 Å². The summed E-state index contributed by atoms with van der Waals surface area (Å²) in [6, 6.07) is 13.1. The molecule has 0 bridgehead atoms. The zero-order chi connectivity index (χ0) is 13.9. The van der Waals surface area contributed by atoms with E-state index in [1.807, 2.05) is 6.07 Å².